The summed E-state index contributed by atoms with van der Waals surface area (Å²) in [5.74, 6) is 0.632. The minimum Gasteiger partial charge on any atom is -0.497 e. The van der Waals surface area contributed by atoms with Gasteiger partial charge in [-0.05, 0) is 62.9 Å². The van der Waals surface area contributed by atoms with Crippen LogP contribution in [0.3, 0.4) is 0 Å². The topological polar surface area (TPSA) is 86.5 Å². The standard InChI is InChI=1S/C27H32N4O4/c1-19-16-24(20(2)31(19)15-11-21-7-9-23(34-3)10-8-21)25(32)18-35-26(33)22-6-4-14-30(17-22)27-28-12-5-13-29-27/h5,7-10,12-13,16,22H,4,6,11,14-15,17-18H2,1-3H3/t22-/m0/s1. The highest BCUT2D eigenvalue weighted by Crippen LogP contribution is 2.22. The van der Waals surface area contributed by atoms with Crippen LogP contribution in [0, 0.1) is 19.8 Å². The number of rotatable bonds is 9. The first-order valence-corrected chi connectivity index (χ1v) is 12.0. The molecule has 0 spiro atoms. The molecule has 8 nitrogen and oxygen atoms in total. The summed E-state index contributed by atoms with van der Waals surface area (Å²) in [6, 6.07) is 11.7. The second kappa shape index (κ2) is 11.2. The molecule has 0 saturated carbocycles. The molecule has 1 aliphatic heterocycles. The summed E-state index contributed by atoms with van der Waals surface area (Å²) < 4.78 is 12.8. The Hall–Kier alpha value is -3.68. The summed E-state index contributed by atoms with van der Waals surface area (Å²) in [4.78, 5) is 36.2. The van der Waals surface area contributed by atoms with Gasteiger partial charge < -0.3 is 18.9 Å². The lowest BCUT2D eigenvalue weighted by molar-refractivity contribution is -0.147. The Morgan fingerprint density at radius 2 is 1.86 bits per heavy atom. The quantitative estimate of drug-likeness (QED) is 0.343. The maximum Gasteiger partial charge on any atom is 0.311 e. The van der Waals surface area contributed by atoms with Gasteiger partial charge in [-0.3, -0.25) is 9.59 Å². The van der Waals surface area contributed by atoms with Gasteiger partial charge in [-0.1, -0.05) is 12.1 Å². The van der Waals surface area contributed by atoms with Crippen LogP contribution in [0.1, 0.15) is 40.2 Å². The maximum absolute atomic E-state index is 12.9. The van der Waals surface area contributed by atoms with Crippen LogP contribution in [0.2, 0.25) is 0 Å². The van der Waals surface area contributed by atoms with Crippen molar-refractivity contribution in [3.05, 3.63) is 71.3 Å². The van der Waals surface area contributed by atoms with Crippen LogP contribution in [0.15, 0.2) is 48.8 Å². The number of aryl methyl sites for hydroxylation is 2. The van der Waals surface area contributed by atoms with Gasteiger partial charge in [-0.2, -0.15) is 0 Å². The molecule has 1 atom stereocenters. The molecule has 4 rings (SSSR count). The molecule has 184 valence electrons. The highest BCUT2D eigenvalue weighted by atomic mass is 16.5. The van der Waals surface area contributed by atoms with Crippen LogP contribution >= 0.6 is 0 Å². The highest BCUT2D eigenvalue weighted by molar-refractivity contribution is 5.99. The van der Waals surface area contributed by atoms with Crippen LogP contribution < -0.4 is 9.64 Å². The van der Waals surface area contributed by atoms with E-state index in [2.05, 4.69) is 26.7 Å². The minimum absolute atomic E-state index is 0.179. The number of ether oxygens (including phenoxy) is 2. The average Bonchev–Trinajstić information content (AvgIpc) is 3.19. The van der Waals surface area contributed by atoms with Crippen LogP contribution in [-0.4, -0.2) is 53.1 Å². The second-order valence-electron chi connectivity index (χ2n) is 8.90. The molecule has 0 N–H and O–H groups in total. The minimum atomic E-state index is -0.340. The molecular weight excluding hydrogens is 444 g/mol. The van der Waals surface area contributed by atoms with E-state index in [1.807, 2.05) is 36.9 Å². The average molecular weight is 477 g/mol. The maximum atomic E-state index is 12.9. The van der Waals surface area contributed by atoms with Gasteiger partial charge in [0.1, 0.15) is 5.75 Å². The monoisotopic (exact) mass is 476 g/mol. The predicted molar refractivity (Wildman–Crippen MR) is 133 cm³/mol. The summed E-state index contributed by atoms with van der Waals surface area (Å²) in [7, 11) is 1.65. The molecule has 1 aliphatic rings. The number of Topliss-reactive ketones (excluding diaryl/α,β-unsaturated/α-hetero) is 1. The smallest absolute Gasteiger partial charge is 0.311 e. The van der Waals surface area contributed by atoms with Gasteiger partial charge >= 0.3 is 5.97 Å². The molecule has 1 saturated heterocycles. The van der Waals surface area contributed by atoms with E-state index in [-0.39, 0.29) is 24.3 Å². The van der Waals surface area contributed by atoms with Crippen molar-refractivity contribution in [3.8, 4) is 5.75 Å². The Kier molecular flexibility index (Phi) is 7.80. The van der Waals surface area contributed by atoms with E-state index in [9.17, 15) is 9.59 Å². The second-order valence-corrected chi connectivity index (χ2v) is 8.90. The van der Waals surface area contributed by atoms with E-state index in [0.717, 1.165) is 49.5 Å². The summed E-state index contributed by atoms with van der Waals surface area (Å²) in [5, 5.41) is 0. The largest absolute Gasteiger partial charge is 0.497 e. The van der Waals surface area contributed by atoms with Gasteiger partial charge in [-0.25, -0.2) is 9.97 Å². The molecule has 0 amide bonds. The van der Waals surface area contributed by atoms with Gasteiger partial charge in [0.2, 0.25) is 11.7 Å². The fraction of sp³-hybridized carbons (Fsp3) is 0.407. The number of carbonyl (C=O) groups is 2. The first kappa shape index (κ1) is 24.4. The van der Waals surface area contributed by atoms with E-state index in [1.165, 1.54) is 5.56 Å². The molecule has 2 aromatic heterocycles. The number of piperidine rings is 1. The zero-order valence-corrected chi connectivity index (χ0v) is 20.6. The van der Waals surface area contributed by atoms with Gasteiger partial charge in [0.15, 0.2) is 6.61 Å². The summed E-state index contributed by atoms with van der Waals surface area (Å²) in [6.45, 7) is 5.74. The fourth-order valence-electron chi connectivity index (χ4n) is 4.60. The molecule has 0 aliphatic carbocycles. The number of anilines is 1. The molecule has 8 heteroatoms. The highest BCUT2D eigenvalue weighted by Gasteiger charge is 2.29. The number of benzene rings is 1. The Balaban J connectivity index is 1.32. The van der Waals surface area contributed by atoms with E-state index in [4.69, 9.17) is 9.47 Å². The molecular formula is C27H32N4O4. The lowest BCUT2D eigenvalue weighted by Crippen LogP contribution is -2.40. The number of esters is 1. The molecule has 35 heavy (non-hydrogen) atoms. The first-order chi connectivity index (χ1) is 17.0. The molecule has 3 aromatic rings. The van der Waals surface area contributed by atoms with Gasteiger partial charge in [0.05, 0.1) is 13.0 Å². The number of nitrogens with zero attached hydrogens (tertiary/aromatic N) is 4. The molecule has 0 radical (unpaired) electrons. The van der Waals surface area contributed by atoms with Crippen molar-refractivity contribution in [3.63, 3.8) is 0 Å². The van der Waals surface area contributed by atoms with Crippen molar-refractivity contribution in [2.24, 2.45) is 5.92 Å². The number of methoxy groups -OCH3 is 1. The normalized spacial score (nSPS) is 15.6. The summed E-state index contributed by atoms with van der Waals surface area (Å²) in [6.07, 6.45) is 5.80. The number of hydrogen-bond donors (Lipinski definition) is 0. The van der Waals surface area contributed by atoms with Gasteiger partial charge in [0.25, 0.3) is 0 Å². The number of aromatic nitrogens is 3. The van der Waals surface area contributed by atoms with Crippen LogP contribution in [0.4, 0.5) is 5.95 Å². The van der Waals surface area contributed by atoms with Crippen molar-refractivity contribution in [1.82, 2.24) is 14.5 Å². The molecule has 1 fully saturated rings. The zero-order valence-electron chi connectivity index (χ0n) is 20.6. The summed E-state index contributed by atoms with van der Waals surface area (Å²) in [5.41, 5.74) is 3.70. The van der Waals surface area contributed by atoms with Crippen molar-refractivity contribution in [2.75, 3.05) is 31.7 Å². The third-order valence-electron chi connectivity index (χ3n) is 6.59. The molecule has 0 bridgehead atoms. The summed E-state index contributed by atoms with van der Waals surface area (Å²) >= 11 is 0. The van der Waals surface area contributed by atoms with E-state index in [0.29, 0.717) is 18.1 Å². The zero-order chi connectivity index (χ0) is 24.8. The third kappa shape index (κ3) is 5.88. The Morgan fingerprint density at radius 3 is 2.57 bits per heavy atom. The fourth-order valence-corrected chi connectivity index (χ4v) is 4.60. The third-order valence-corrected chi connectivity index (χ3v) is 6.59. The molecule has 0 unspecified atom stereocenters. The number of hydrogen-bond acceptors (Lipinski definition) is 7. The first-order valence-electron chi connectivity index (χ1n) is 12.0. The Bertz CT molecular complexity index is 1160. The van der Waals surface area contributed by atoms with Crippen molar-refractivity contribution >= 4 is 17.7 Å². The van der Waals surface area contributed by atoms with Crippen LogP contribution in [0.25, 0.3) is 0 Å². The van der Waals surface area contributed by atoms with Crippen molar-refractivity contribution in [1.29, 1.82) is 0 Å². The lowest BCUT2D eigenvalue weighted by Gasteiger charge is -2.31. The van der Waals surface area contributed by atoms with E-state index < -0.39 is 0 Å². The van der Waals surface area contributed by atoms with Gasteiger partial charge in [0, 0.05) is 49.0 Å². The SMILES string of the molecule is COc1ccc(CCn2c(C)cc(C(=O)COC(=O)[C@H]3CCCN(c4ncccn4)C3)c2C)cc1. The van der Waals surface area contributed by atoms with Crippen LogP contribution in [-0.2, 0) is 22.5 Å². The van der Waals surface area contributed by atoms with Crippen molar-refractivity contribution < 1.29 is 19.1 Å². The molecule has 3 heterocycles. The lowest BCUT2D eigenvalue weighted by atomic mass is 9.98. The van der Waals surface area contributed by atoms with Gasteiger partial charge in [-0.15, -0.1) is 0 Å². The predicted octanol–water partition coefficient (Wildman–Crippen LogP) is 3.79. The van der Waals surface area contributed by atoms with E-state index in [1.54, 1.807) is 25.6 Å². The van der Waals surface area contributed by atoms with E-state index >= 15 is 0 Å². The Morgan fingerprint density at radius 1 is 1.11 bits per heavy atom. The van der Waals surface area contributed by atoms with Crippen LogP contribution in [0.5, 0.6) is 5.75 Å². The molecule has 1 aromatic carbocycles. The van der Waals surface area contributed by atoms with Crippen molar-refractivity contribution in [2.45, 2.75) is 39.7 Å². The Labute approximate surface area is 205 Å². The number of carbonyl (C=O) groups excluding carboxylic acids is 2. The number of ketones is 1.